The summed E-state index contributed by atoms with van der Waals surface area (Å²) < 4.78 is 13.1. The van der Waals surface area contributed by atoms with E-state index in [0.717, 1.165) is 13.1 Å². The molecule has 1 aliphatic heterocycles. The van der Waals surface area contributed by atoms with Crippen LogP contribution in [0.15, 0.2) is 18.2 Å². The van der Waals surface area contributed by atoms with Crippen LogP contribution in [0.3, 0.4) is 0 Å². The monoisotopic (exact) mass is 252 g/mol. The molecule has 0 radical (unpaired) electrons. The van der Waals surface area contributed by atoms with Gasteiger partial charge in [-0.15, -0.1) is 0 Å². The molecule has 1 heterocycles. The zero-order chi connectivity index (χ0) is 13.0. The largest absolute Gasteiger partial charge is 0.508 e. The number of rotatable bonds is 5. The van der Waals surface area contributed by atoms with Crippen LogP contribution in [-0.4, -0.2) is 48.1 Å². The first-order chi connectivity index (χ1) is 8.65. The third kappa shape index (κ3) is 3.68. The summed E-state index contributed by atoms with van der Waals surface area (Å²) in [7, 11) is 2.00. The molecule has 0 bridgehead atoms. The van der Waals surface area contributed by atoms with Gasteiger partial charge in [0.15, 0.2) is 0 Å². The van der Waals surface area contributed by atoms with E-state index in [1.54, 1.807) is 0 Å². The highest BCUT2D eigenvalue weighted by Gasteiger charge is 2.12. The van der Waals surface area contributed by atoms with Gasteiger partial charge in [0, 0.05) is 25.2 Å². The molecule has 1 aromatic rings. The Balaban J connectivity index is 1.82. The molecule has 18 heavy (non-hydrogen) atoms. The first-order valence-electron chi connectivity index (χ1n) is 6.53. The van der Waals surface area contributed by atoms with Gasteiger partial charge < -0.3 is 14.9 Å². The fourth-order valence-corrected chi connectivity index (χ4v) is 2.37. The Morgan fingerprint density at radius 3 is 2.78 bits per heavy atom. The van der Waals surface area contributed by atoms with E-state index >= 15 is 0 Å². The normalized spacial score (nSPS) is 16.6. The van der Waals surface area contributed by atoms with Crippen molar-refractivity contribution in [2.24, 2.45) is 0 Å². The van der Waals surface area contributed by atoms with Gasteiger partial charge in [0.05, 0.1) is 0 Å². The minimum Gasteiger partial charge on any atom is -0.508 e. The molecule has 0 amide bonds. The summed E-state index contributed by atoms with van der Waals surface area (Å²) in [4.78, 5) is 4.56. The maximum absolute atomic E-state index is 13.1. The van der Waals surface area contributed by atoms with Crippen molar-refractivity contribution in [1.29, 1.82) is 0 Å². The van der Waals surface area contributed by atoms with Crippen LogP contribution in [0.5, 0.6) is 5.75 Å². The van der Waals surface area contributed by atoms with Crippen LogP contribution in [0.4, 0.5) is 4.39 Å². The van der Waals surface area contributed by atoms with Gasteiger partial charge in [0.2, 0.25) is 0 Å². The molecular formula is C14H21FN2O. The molecule has 1 aliphatic rings. The van der Waals surface area contributed by atoms with Crippen molar-refractivity contribution in [3.63, 3.8) is 0 Å². The SMILES string of the molecule is CN(CCN1CCCC1)Cc1cc(F)ccc1O. The number of benzene rings is 1. The third-order valence-electron chi connectivity index (χ3n) is 3.48. The maximum Gasteiger partial charge on any atom is 0.123 e. The summed E-state index contributed by atoms with van der Waals surface area (Å²) in [6.45, 7) is 4.96. The summed E-state index contributed by atoms with van der Waals surface area (Å²) in [5.41, 5.74) is 0.652. The minimum atomic E-state index is -0.296. The van der Waals surface area contributed by atoms with E-state index in [2.05, 4.69) is 9.80 Å². The van der Waals surface area contributed by atoms with Crippen LogP contribution in [0.1, 0.15) is 18.4 Å². The second-order valence-electron chi connectivity index (χ2n) is 5.06. The fraction of sp³-hybridized carbons (Fsp3) is 0.571. The summed E-state index contributed by atoms with van der Waals surface area (Å²) in [6.07, 6.45) is 2.60. The average molecular weight is 252 g/mol. The van der Waals surface area contributed by atoms with Crippen LogP contribution in [-0.2, 0) is 6.54 Å². The Morgan fingerprint density at radius 2 is 2.06 bits per heavy atom. The highest BCUT2D eigenvalue weighted by molar-refractivity contribution is 5.32. The molecule has 0 unspecified atom stereocenters. The van der Waals surface area contributed by atoms with Gasteiger partial charge in [-0.25, -0.2) is 4.39 Å². The molecule has 100 valence electrons. The van der Waals surface area contributed by atoms with Gasteiger partial charge in [0.1, 0.15) is 11.6 Å². The minimum absolute atomic E-state index is 0.171. The van der Waals surface area contributed by atoms with Crippen LogP contribution in [0.2, 0.25) is 0 Å². The molecule has 1 saturated heterocycles. The van der Waals surface area contributed by atoms with Gasteiger partial charge in [-0.2, -0.15) is 0 Å². The smallest absolute Gasteiger partial charge is 0.123 e. The molecule has 3 nitrogen and oxygen atoms in total. The van der Waals surface area contributed by atoms with E-state index < -0.39 is 0 Å². The van der Waals surface area contributed by atoms with Crippen molar-refractivity contribution in [2.75, 3.05) is 33.2 Å². The zero-order valence-electron chi connectivity index (χ0n) is 10.9. The predicted octanol–water partition coefficient (Wildman–Crippen LogP) is 2.06. The Bertz CT molecular complexity index is 391. The first-order valence-corrected chi connectivity index (χ1v) is 6.53. The molecule has 1 fully saturated rings. The molecule has 0 aromatic heterocycles. The van der Waals surface area contributed by atoms with Crippen molar-refractivity contribution in [2.45, 2.75) is 19.4 Å². The Morgan fingerprint density at radius 1 is 1.33 bits per heavy atom. The quantitative estimate of drug-likeness (QED) is 0.869. The second-order valence-corrected chi connectivity index (χ2v) is 5.06. The number of phenols is 1. The van der Waals surface area contributed by atoms with Crippen molar-refractivity contribution in [1.82, 2.24) is 9.80 Å². The molecular weight excluding hydrogens is 231 g/mol. The Labute approximate surface area is 108 Å². The lowest BCUT2D eigenvalue weighted by Gasteiger charge is -2.21. The van der Waals surface area contributed by atoms with Gasteiger partial charge in [-0.3, -0.25) is 0 Å². The van der Waals surface area contributed by atoms with Gasteiger partial charge >= 0.3 is 0 Å². The number of likely N-dealkylation sites (tertiary alicyclic amines) is 1. The van der Waals surface area contributed by atoms with E-state index in [-0.39, 0.29) is 11.6 Å². The average Bonchev–Trinajstić information content (AvgIpc) is 2.84. The van der Waals surface area contributed by atoms with Crippen LogP contribution in [0.25, 0.3) is 0 Å². The summed E-state index contributed by atoms with van der Waals surface area (Å²) in [5, 5.41) is 9.66. The number of likely N-dealkylation sites (N-methyl/N-ethyl adjacent to an activating group) is 1. The molecule has 1 aromatic carbocycles. The van der Waals surface area contributed by atoms with Crippen LogP contribution >= 0.6 is 0 Å². The highest BCUT2D eigenvalue weighted by Crippen LogP contribution is 2.19. The van der Waals surface area contributed by atoms with E-state index in [4.69, 9.17) is 0 Å². The van der Waals surface area contributed by atoms with Crippen molar-refractivity contribution in [3.05, 3.63) is 29.6 Å². The third-order valence-corrected chi connectivity index (χ3v) is 3.48. The van der Waals surface area contributed by atoms with Gasteiger partial charge in [-0.05, 0) is 51.2 Å². The number of hydrogen-bond acceptors (Lipinski definition) is 3. The number of halogens is 1. The van der Waals surface area contributed by atoms with Crippen LogP contribution < -0.4 is 0 Å². The van der Waals surface area contributed by atoms with E-state index in [0.29, 0.717) is 12.1 Å². The molecule has 0 atom stereocenters. The number of aromatic hydroxyl groups is 1. The summed E-state index contributed by atoms with van der Waals surface area (Å²) in [6, 6.07) is 4.10. The van der Waals surface area contributed by atoms with E-state index in [9.17, 15) is 9.50 Å². The zero-order valence-corrected chi connectivity index (χ0v) is 10.9. The van der Waals surface area contributed by atoms with Crippen molar-refractivity contribution in [3.8, 4) is 5.75 Å². The van der Waals surface area contributed by atoms with Crippen molar-refractivity contribution < 1.29 is 9.50 Å². The Kier molecular flexibility index (Phi) is 4.55. The second kappa shape index (κ2) is 6.16. The standard InChI is InChI=1S/C14H21FN2O/c1-16(8-9-17-6-2-3-7-17)11-12-10-13(15)4-5-14(12)18/h4-5,10,18H,2-3,6-9,11H2,1H3. The molecule has 4 heteroatoms. The van der Waals surface area contributed by atoms with Crippen molar-refractivity contribution >= 4 is 0 Å². The first kappa shape index (κ1) is 13.3. The molecule has 0 aliphatic carbocycles. The fourth-order valence-electron chi connectivity index (χ4n) is 2.37. The molecule has 1 N–H and O–H groups in total. The Hall–Kier alpha value is -1.13. The topological polar surface area (TPSA) is 26.7 Å². The van der Waals surface area contributed by atoms with Crippen LogP contribution in [0, 0.1) is 5.82 Å². The maximum atomic E-state index is 13.1. The summed E-state index contributed by atoms with van der Waals surface area (Å²) >= 11 is 0. The molecule has 0 spiro atoms. The number of nitrogens with zero attached hydrogens (tertiary/aromatic N) is 2. The number of hydrogen-bond donors (Lipinski definition) is 1. The highest BCUT2D eigenvalue weighted by atomic mass is 19.1. The summed E-state index contributed by atoms with van der Waals surface area (Å²) in [5.74, 6) is -0.125. The molecule has 0 saturated carbocycles. The lowest BCUT2D eigenvalue weighted by atomic mass is 10.2. The van der Waals surface area contributed by atoms with E-state index in [1.165, 1.54) is 44.1 Å². The van der Waals surface area contributed by atoms with Gasteiger partial charge in [0.25, 0.3) is 0 Å². The molecule has 2 rings (SSSR count). The predicted molar refractivity (Wildman–Crippen MR) is 70.1 cm³/mol. The number of phenolic OH excluding ortho intramolecular Hbond substituents is 1. The van der Waals surface area contributed by atoms with Gasteiger partial charge in [-0.1, -0.05) is 0 Å². The lowest BCUT2D eigenvalue weighted by molar-refractivity contribution is 0.250. The lowest BCUT2D eigenvalue weighted by Crippen LogP contribution is -2.31. The van der Waals surface area contributed by atoms with E-state index in [1.807, 2.05) is 7.05 Å².